The fourth-order valence-corrected chi connectivity index (χ4v) is 2.02. The van der Waals surface area contributed by atoms with Crippen molar-refractivity contribution in [3.8, 4) is 11.3 Å². The average Bonchev–Trinajstić information content (AvgIpc) is 2.34. The van der Waals surface area contributed by atoms with Crippen molar-refractivity contribution in [2.45, 2.75) is 26.7 Å². The summed E-state index contributed by atoms with van der Waals surface area (Å²) in [5.41, 5.74) is 7.48. The molecule has 2 rings (SSSR count). The lowest BCUT2D eigenvalue weighted by Crippen LogP contribution is -2.05. The van der Waals surface area contributed by atoms with E-state index >= 15 is 0 Å². The Hall–Kier alpha value is -1.68. The van der Waals surface area contributed by atoms with Crippen LogP contribution in [0.5, 0.6) is 0 Å². The molecule has 5 heteroatoms. The van der Waals surface area contributed by atoms with E-state index in [-0.39, 0.29) is 0 Å². The summed E-state index contributed by atoms with van der Waals surface area (Å²) < 4.78 is 14.0. The zero-order valence-corrected chi connectivity index (χ0v) is 11.6. The Labute approximate surface area is 116 Å². The molecule has 0 unspecified atom stereocenters. The number of aromatic nitrogens is 2. The van der Waals surface area contributed by atoms with Gasteiger partial charge in [0.05, 0.1) is 5.69 Å². The molecule has 1 heterocycles. The SMILES string of the molecule is CCCc1nc(N)c(C)c(-c2ccc(Cl)cc2F)n1. The fourth-order valence-electron chi connectivity index (χ4n) is 1.86. The van der Waals surface area contributed by atoms with E-state index in [2.05, 4.69) is 9.97 Å². The Morgan fingerprint density at radius 3 is 2.68 bits per heavy atom. The summed E-state index contributed by atoms with van der Waals surface area (Å²) in [7, 11) is 0. The van der Waals surface area contributed by atoms with Crippen LogP contribution in [0.2, 0.25) is 5.02 Å². The molecule has 0 saturated carbocycles. The highest BCUT2D eigenvalue weighted by atomic mass is 35.5. The van der Waals surface area contributed by atoms with Gasteiger partial charge in [-0.1, -0.05) is 18.5 Å². The Balaban J connectivity index is 2.60. The van der Waals surface area contributed by atoms with Gasteiger partial charge in [0, 0.05) is 22.6 Å². The normalized spacial score (nSPS) is 10.7. The number of benzene rings is 1. The summed E-state index contributed by atoms with van der Waals surface area (Å²) in [6, 6.07) is 4.52. The summed E-state index contributed by atoms with van der Waals surface area (Å²) in [4.78, 5) is 8.62. The van der Waals surface area contributed by atoms with E-state index < -0.39 is 5.82 Å². The zero-order chi connectivity index (χ0) is 14.0. The van der Waals surface area contributed by atoms with Gasteiger partial charge in [-0.2, -0.15) is 0 Å². The maximum absolute atomic E-state index is 14.0. The Morgan fingerprint density at radius 2 is 2.05 bits per heavy atom. The Morgan fingerprint density at radius 1 is 1.32 bits per heavy atom. The first-order valence-electron chi connectivity index (χ1n) is 6.11. The zero-order valence-electron chi connectivity index (χ0n) is 10.9. The van der Waals surface area contributed by atoms with Crippen LogP contribution in [0.4, 0.5) is 10.2 Å². The van der Waals surface area contributed by atoms with Gasteiger partial charge in [0.2, 0.25) is 0 Å². The number of nitrogen functional groups attached to an aromatic ring is 1. The van der Waals surface area contributed by atoms with Gasteiger partial charge in [-0.25, -0.2) is 14.4 Å². The predicted octanol–water partition coefficient (Wildman–Crippen LogP) is 3.78. The fraction of sp³-hybridized carbons (Fsp3) is 0.286. The van der Waals surface area contributed by atoms with Crippen molar-refractivity contribution in [3.63, 3.8) is 0 Å². The molecule has 0 fully saturated rings. The second-order valence-corrected chi connectivity index (χ2v) is 4.81. The Bertz CT molecular complexity index is 614. The molecule has 0 amide bonds. The van der Waals surface area contributed by atoms with Crippen LogP contribution < -0.4 is 5.73 Å². The van der Waals surface area contributed by atoms with E-state index in [4.69, 9.17) is 17.3 Å². The van der Waals surface area contributed by atoms with Gasteiger partial charge in [0.1, 0.15) is 17.5 Å². The number of nitrogens with two attached hydrogens (primary N) is 1. The van der Waals surface area contributed by atoms with Gasteiger partial charge in [-0.05, 0) is 31.5 Å². The van der Waals surface area contributed by atoms with Crippen LogP contribution in [0.15, 0.2) is 18.2 Å². The molecule has 3 nitrogen and oxygen atoms in total. The van der Waals surface area contributed by atoms with Crippen LogP contribution >= 0.6 is 11.6 Å². The molecule has 0 aliphatic heterocycles. The molecule has 1 aromatic heterocycles. The van der Waals surface area contributed by atoms with Crippen LogP contribution in [-0.4, -0.2) is 9.97 Å². The molecule has 0 saturated heterocycles. The van der Waals surface area contributed by atoms with E-state index in [1.54, 1.807) is 19.1 Å². The van der Waals surface area contributed by atoms with Crippen molar-refractivity contribution in [2.24, 2.45) is 0 Å². The molecule has 2 aromatic rings. The maximum atomic E-state index is 14.0. The number of rotatable bonds is 3. The highest BCUT2D eigenvalue weighted by Gasteiger charge is 2.14. The average molecular weight is 280 g/mol. The number of halogens is 2. The molecule has 0 aliphatic rings. The molecule has 0 bridgehead atoms. The van der Waals surface area contributed by atoms with E-state index in [1.807, 2.05) is 6.92 Å². The van der Waals surface area contributed by atoms with E-state index in [1.165, 1.54) is 6.07 Å². The van der Waals surface area contributed by atoms with Gasteiger partial charge in [0.25, 0.3) is 0 Å². The first-order valence-corrected chi connectivity index (χ1v) is 6.49. The van der Waals surface area contributed by atoms with Gasteiger partial charge >= 0.3 is 0 Å². The molecule has 1 aromatic carbocycles. The number of hydrogen-bond acceptors (Lipinski definition) is 3. The quantitative estimate of drug-likeness (QED) is 0.930. The highest BCUT2D eigenvalue weighted by molar-refractivity contribution is 6.30. The summed E-state index contributed by atoms with van der Waals surface area (Å²) in [5.74, 6) is 0.619. The summed E-state index contributed by atoms with van der Waals surface area (Å²) in [6.07, 6.45) is 1.62. The first-order chi connectivity index (χ1) is 9.02. The molecular formula is C14H15ClFN3. The third-order valence-electron chi connectivity index (χ3n) is 2.89. The minimum atomic E-state index is -0.406. The maximum Gasteiger partial charge on any atom is 0.134 e. The molecule has 0 radical (unpaired) electrons. The highest BCUT2D eigenvalue weighted by Crippen LogP contribution is 2.28. The summed E-state index contributed by atoms with van der Waals surface area (Å²) >= 11 is 5.76. The molecule has 0 spiro atoms. The monoisotopic (exact) mass is 279 g/mol. The largest absolute Gasteiger partial charge is 0.383 e. The van der Waals surface area contributed by atoms with Crippen LogP contribution in [-0.2, 0) is 6.42 Å². The molecule has 0 atom stereocenters. The van der Waals surface area contributed by atoms with Gasteiger partial charge in [0.15, 0.2) is 0 Å². The minimum Gasteiger partial charge on any atom is -0.383 e. The van der Waals surface area contributed by atoms with Crippen LogP contribution in [0, 0.1) is 12.7 Å². The molecule has 2 N–H and O–H groups in total. The van der Waals surface area contributed by atoms with Crippen molar-refractivity contribution in [2.75, 3.05) is 5.73 Å². The lowest BCUT2D eigenvalue weighted by Gasteiger charge is -2.10. The van der Waals surface area contributed by atoms with Crippen molar-refractivity contribution < 1.29 is 4.39 Å². The lowest BCUT2D eigenvalue weighted by molar-refractivity contribution is 0.630. The van der Waals surface area contributed by atoms with Gasteiger partial charge < -0.3 is 5.73 Å². The minimum absolute atomic E-state index is 0.356. The van der Waals surface area contributed by atoms with Gasteiger partial charge in [-0.15, -0.1) is 0 Å². The van der Waals surface area contributed by atoms with Crippen molar-refractivity contribution in [1.29, 1.82) is 0 Å². The number of nitrogens with zero attached hydrogens (tertiary/aromatic N) is 2. The van der Waals surface area contributed by atoms with Crippen molar-refractivity contribution in [1.82, 2.24) is 9.97 Å². The van der Waals surface area contributed by atoms with Crippen LogP contribution in [0.1, 0.15) is 24.7 Å². The van der Waals surface area contributed by atoms with E-state index in [0.29, 0.717) is 39.9 Å². The van der Waals surface area contributed by atoms with Crippen molar-refractivity contribution in [3.05, 3.63) is 40.4 Å². The van der Waals surface area contributed by atoms with E-state index in [9.17, 15) is 4.39 Å². The smallest absolute Gasteiger partial charge is 0.134 e. The number of hydrogen-bond donors (Lipinski definition) is 1. The first kappa shape index (κ1) is 13.7. The number of anilines is 1. The topological polar surface area (TPSA) is 51.8 Å². The van der Waals surface area contributed by atoms with Crippen LogP contribution in [0.25, 0.3) is 11.3 Å². The second-order valence-electron chi connectivity index (χ2n) is 4.37. The molecule has 100 valence electrons. The number of aryl methyl sites for hydroxylation is 1. The molecular weight excluding hydrogens is 265 g/mol. The Kier molecular flexibility index (Phi) is 4.00. The third-order valence-corrected chi connectivity index (χ3v) is 3.12. The second kappa shape index (κ2) is 5.53. The van der Waals surface area contributed by atoms with E-state index in [0.717, 1.165) is 6.42 Å². The van der Waals surface area contributed by atoms with Gasteiger partial charge in [-0.3, -0.25) is 0 Å². The summed E-state index contributed by atoms with van der Waals surface area (Å²) in [5, 5.41) is 0.356. The predicted molar refractivity (Wildman–Crippen MR) is 75.6 cm³/mol. The lowest BCUT2D eigenvalue weighted by atomic mass is 10.1. The van der Waals surface area contributed by atoms with Crippen molar-refractivity contribution >= 4 is 17.4 Å². The van der Waals surface area contributed by atoms with Crippen LogP contribution in [0.3, 0.4) is 0 Å². The third kappa shape index (κ3) is 2.84. The molecule has 19 heavy (non-hydrogen) atoms. The molecule has 0 aliphatic carbocycles. The standard InChI is InChI=1S/C14H15ClFN3/c1-3-4-12-18-13(8(2)14(17)19-12)10-6-5-9(15)7-11(10)16/h5-7H,3-4H2,1-2H3,(H2,17,18,19). The summed E-state index contributed by atoms with van der Waals surface area (Å²) in [6.45, 7) is 3.82.